The molecule has 3 nitrogen and oxygen atoms in total. The summed E-state index contributed by atoms with van der Waals surface area (Å²) < 4.78 is 39.4. The van der Waals surface area contributed by atoms with Gasteiger partial charge in [-0.2, -0.15) is 0 Å². The highest BCUT2D eigenvalue weighted by Crippen LogP contribution is 2.26. The fourth-order valence-corrected chi connectivity index (χ4v) is 3.32. The van der Waals surface area contributed by atoms with Crippen molar-refractivity contribution in [3.8, 4) is 0 Å². The van der Waals surface area contributed by atoms with E-state index in [1.807, 2.05) is 0 Å². The van der Waals surface area contributed by atoms with E-state index >= 15 is 0 Å². The molecule has 1 saturated heterocycles. The number of halogens is 2. The van der Waals surface area contributed by atoms with E-state index in [4.69, 9.17) is 5.73 Å². The molecule has 0 saturated carbocycles. The van der Waals surface area contributed by atoms with Gasteiger partial charge in [-0.15, -0.1) is 0 Å². The minimum atomic E-state index is -0.863. The summed E-state index contributed by atoms with van der Waals surface area (Å²) in [7, 11) is -0.863. The van der Waals surface area contributed by atoms with Gasteiger partial charge in [0.15, 0.2) is 0 Å². The van der Waals surface area contributed by atoms with Crippen LogP contribution in [0.25, 0.3) is 0 Å². The summed E-state index contributed by atoms with van der Waals surface area (Å²) in [5.74, 6) is -0.215. The molecule has 1 aromatic carbocycles. The first-order valence-electron chi connectivity index (χ1n) is 6.31. The van der Waals surface area contributed by atoms with E-state index in [0.717, 1.165) is 0 Å². The van der Waals surface area contributed by atoms with Gasteiger partial charge >= 0.3 is 0 Å². The van der Waals surface area contributed by atoms with Crippen LogP contribution in [0.1, 0.15) is 12.5 Å². The van der Waals surface area contributed by atoms with Crippen molar-refractivity contribution in [2.45, 2.75) is 19.4 Å². The molecular formula is C13H18F2N2OS. The molecule has 1 unspecified atom stereocenters. The van der Waals surface area contributed by atoms with Crippen molar-refractivity contribution in [3.05, 3.63) is 29.3 Å². The third-order valence-corrected chi connectivity index (χ3v) is 4.40. The molecule has 1 aliphatic heterocycles. The first-order chi connectivity index (χ1) is 8.97. The molecule has 0 radical (unpaired) electrons. The Bertz CT molecular complexity index is 461. The third-order valence-electron chi connectivity index (χ3n) is 3.13. The van der Waals surface area contributed by atoms with Crippen molar-refractivity contribution in [3.63, 3.8) is 0 Å². The van der Waals surface area contributed by atoms with Crippen molar-refractivity contribution in [2.75, 3.05) is 29.5 Å². The topological polar surface area (TPSA) is 46.3 Å². The van der Waals surface area contributed by atoms with Crippen LogP contribution in [-0.2, 0) is 17.2 Å². The van der Waals surface area contributed by atoms with Gasteiger partial charge in [0.2, 0.25) is 0 Å². The summed E-state index contributed by atoms with van der Waals surface area (Å²) in [6.07, 6.45) is 0.443. The fourth-order valence-electron chi connectivity index (χ4n) is 2.27. The predicted octanol–water partition coefficient (Wildman–Crippen LogP) is 1.42. The predicted molar refractivity (Wildman–Crippen MR) is 73.8 cm³/mol. The summed E-state index contributed by atoms with van der Waals surface area (Å²) in [5, 5.41) is 0. The van der Waals surface area contributed by atoms with Gasteiger partial charge in [-0.05, 0) is 31.0 Å². The van der Waals surface area contributed by atoms with Crippen molar-refractivity contribution in [1.82, 2.24) is 0 Å². The molecule has 1 aliphatic rings. The van der Waals surface area contributed by atoms with Crippen LogP contribution in [0.15, 0.2) is 12.1 Å². The molecule has 0 spiro atoms. The van der Waals surface area contributed by atoms with Crippen molar-refractivity contribution < 1.29 is 13.0 Å². The Balaban J connectivity index is 2.24. The standard InChI is InChI=1S/C13H18F2N2OS/c1-9(16)6-10-7-11(14)13(12(15)8-10)17-2-4-19(18)5-3-17/h7-9H,2-6,16H2,1H3. The average Bonchev–Trinajstić information content (AvgIpc) is 2.29. The molecule has 0 bridgehead atoms. The highest BCUT2D eigenvalue weighted by molar-refractivity contribution is 7.85. The van der Waals surface area contributed by atoms with E-state index in [0.29, 0.717) is 36.6 Å². The van der Waals surface area contributed by atoms with Crippen LogP contribution in [0.5, 0.6) is 0 Å². The molecule has 1 aromatic rings. The molecule has 19 heavy (non-hydrogen) atoms. The van der Waals surface area contributed by atoms with E-state index in [9.17, 15) is 13.0 Å². The van der Waals surface area contributed by atoms with Gasteiger partial charge in [0, 0.05) is 41.4 Å². The second-order valence-electron chi connectivity index (χ2n) is 4.92. The lowest BCUT2D eigenvalue weighted by Crippen LogP contribution is -2.38. The van der Waals surface area contributed by atoms with E-state index in [2.05, 4.69) is 0 Å². The summed E-state index contributed by atoms with van der Waals surface area (Å²) in [4.78, 5) is 1.63. The molecule has 6 heteroatoms. The molecule has 1 fully saturated rings. The first kappa shape index (κ1) is 14.4. The lowest BCUT2D eigenvalue weighted by Gasteiger charge is -2.29. The van der Waals surface area contributed by atoms with Crippen LogP contribution in [0.4, 0.5) is 14.5 Å². The van der Waals surface area contributed by atoms with Gasteiger partial charge in [0.05, 0.1) is 0 Å². The summed E-state index contributed by atoms with van der Waals surface area (Å²) in [6, 6.07) is 2.54. The number of nitrogens with two attached hydrogens (primary N) is 1. The Kier molecular flexibility index (Phi) is 4.52. The number of hydrogen-bond donors (Lipinski definition) is 1. The molecule has 1 atom stereocenters. The molecular weight excluding hydrogens is 270 g/mol. The molecule has 0 aromatic heterocycles. The highest BCUT2D eigenvalue weighted by atomic mass is 32.2. The third kappa shape index (κ3) is 3.51. The molecule has 0 aliphatic carbocycles. The van der Waals surface area contributed by atoms with E-state index in [-0.39, 0.29) is 11.7 Å². The Labute approximate surface area is 114 Å². The quantitative estimate of drug-likeness (QED) is 0.915. The smallest absolute Gasteiger partial charge is 0.149 e. The number of anilines is 1. The van der Waals surface area contributed by atoms with Crippen molar-refractivity contribution >= 4 is 16.5 Å². The highest BCUT2D eigenvalue weighted by Gasteiger charge is 2.22. The van der Waals surface area contributed by atoms with Gasteiger partial charge in [-0.1, -0.05) is 0 Å². The number of hydrogen-bond acceptors (Lipinski definition) is 3. The minimum Gasteiger partial charge on any atom is -0.365 e. The van der Waals surface area contributed by atoms with E-state index < -0.39 is 22.4 Å². The van der Waals surface area contributed by atoms with Gasteiger partial charge in [0.25, 0.3) is 0 Å². The fraction of sp³-hybridized carbons (Fsp3) is 0.538. The molecule has 2 rings (SSSR count). The summed E-state index contributed by atoms with van der Waals surface area (Å²) in [5.41, 5.74) is 6.19. The van der Waals surface area contributed by atoms with Crippen molar-refractivity contribution in [1.29, 1.82) is 0 Å². The van der Waals surface area contributed by atoms with Crippen molar-refractivity contribution in [2.24, 2.45) is 5.73 Å². The zero-order valence-electron chi connectivity index (χ0n) is 10.9. The maximum absolute atomic E-state index is 14.0. The van der Waals surface area contributed by atoms with Crippen LogP contribution >= 0.6 is 0 Å². The monoisotopic (exact) mass is 288 g/mol. The van der Waals surface area contributed by atoms with Gasteiger partial charge in [-0.3, -0.25) is 4.21 Å². The zero-order chi connectivity index (χ0) is 14.0. The maximum atomic E-state index is 14.0. The largest absolute Gasteiger partial charge is 0.365 e. The first-order valence-corrected chi connectivity index (χ1v) is 7.79. The van der Waals surface area contributed by atoms with Crippen LogP contribution in [0.3, 0.4) is 0 Å². The Morgan fingerprint density at radius 1 is 1.32 bits per heavy atom. The second kappa shape index (κ2) is 5.96. The number of benzene rings is 1. The van der Waals surface area contributed by atoms with Gasteiger partial charge in [0.1, 0.15) is 17.3 Å². The maximum Gasteiger partial charge on any atom is 0.149 e. The van der Waals surface area contributed by atoms with E-state index in [1.165, 1.54) is 12.1 Å². The van der Waals surface area contributed by atoms with Crippen LogP contribution in [-0.4, -0.2) is 34.8 Å². The zero-order valence-corrected chi connectivity index (χ0v) is 11.7. The van der Waals surface area contributed by atoms with Gasteiger partial charge in [-0.25, -0.2) is 8.78 Å². The van der Waals surface area contributed by atoms with E-state index in [1.54, 1.807) is 11.8 Å². The average molecular weight is 288 g/mol. The van der Waals surface area contributed by atoms with Crippen LogP contribution < -0.4 is 10.6 Å². The normalized spacial score (nSPS) is 18.6. The summed E-state index contributed by atoms with van der Waals surface area (Å²) >= 11 is 0. The SMILES string of the molecule is CC(N)Cc1cc(F)c(N2CCS(=O)CC2)c(F)c1. The molecule has 1 heterocycles. The van der Waals surface area contributed by atoms with Gasteiger partial charge < -0.3 is 10.6 Å². The van der Waals surface area contributed by atoms with Crippen LogP contribution in [0.2, 0.25) is 0 Å². The number of nitrogens with zero attached hydrogens (tertiary/aromatic N) is 1. The molecule has 0 amide bonds. The molecule has 106 valence electrons. The second-order valence-corrected chi connectivity index (χ2v) is 6.62. The Morgan fingerprint density at radius 3 is 2.32 bits per heavy atom. The Morgan fingerprint density at radius 2 is 1.84 bits per heavy atom. The minimum absolute atomic E-state index is 0.00914. The lowest BCUT2D eigenvalue weighted by atomic mass is 10.1. The lowest BCUT2D eigenvalue weighted by molar-refractivity contribution is 0.566. The Hall–Kier alpha value is -1.01. The van der Waals surface area contributed by atoms with Crippen LogP contribution in [0, 0.1) is 11.6 Å². The summed E-state index contributed by atoms with van der Waals surface area (Å²) in [6.45, 7) is 2.64. The molecule has 2 N–H and O–H groups in total. The number of rotatable bonds is 3.